The van der Waals surface area contributed by atoms with E-state index >= 15 is 0 Å². The molecule has 2 aromatic rings. The lowest BCUT2D eigenvalue weighted by molar-refractivity contribution is -0.141. The predicted octanol–water partition coefficient (Wildman–Crippen LogP) is 4.41. The molecule has 0 saturated carbocycles. The Morgan fingerprint density at radius 2 is 1.80 bits per heavy atom. The predicted molar refractivity (Wildman–Crippen MR) is 92.4 cm³/mol. The first kappa shape index (κ1) is 19.3. The molecular weight excluding hydrogens is 420 g/mol. The highest BCUT2D eigenvalue weighted by Gasteiger charge is 2.22. The molecule has 0 radical (unpaired) electrons. The fourth-order valence-electron chi connectivity index (χ4n) is 2.13. The number of rotatable bonds is 5. The molecule has 0 aliphatic heterocycles. The van der Waals surface area contributed by atoms with Crippen molar-refractivity contribution in [3.8, 4) is 0 Å². The standard InChI is InChI=1S/C17H13BrClF2NO3/c1-25-16(23)8-15(9-2-4-10(18)5-3-9)22-17(24)11-6-13(20)14(21)7-12(11)19/h2-7,15H,8H2,1H3,(H,22,24). The molecule has 2 rings (SSSR count). The Kier molecular flexibility index (Phi) is 6.50. The molecule has 0 heterocycles. The number of carbonyl (C=O) groups excluding carboxylic acids is 2. The van der Waals surface area contributed by atoms with Crippen LogP contribution in [0.2, 0.25) is 5.02 Å². The quantitative estimate of drug-likeness (QED) is 0.562. The van der Waals surface area contributed by atoms with Gasteiger partial charge in [-0.25, -0.2) is 8.78 Å². The molecule has 0 aromatic heterocycles. The monoisotopic (exact) mass is 431 g/mol. The van der Waals surface area contributed by atoms with E-state index in [2.05, 4.69) is 26.0 Å². The van der Waals surface area contributed by atoms with Gasteiger partial charge in [-0.15, -0.1) is 0 Å². The zero-order chi connectivity index (χ0) is 18.6. The molecule has 0 saturated heterocycles. The number of esters is 1. The third-order valence-electron chi connectivity index (χ3n) is 3.43. The highest BCUT2D eigenvalue weighted by Crippen LogP contribution is 2.24. The molecule has 0 aliphatic carbocycles. The smallest absolute Gasteiger partial charge is 0.307 e. The molecule has 4 nitrogen and oxygen atoms in total. The summed E-state index contributed by atoms with van der Waals surface area (Å²) in [6.45, 7) is 0. The first-order chi connectivity index (χ1) is 11.8. The summed E-state index contributed by atoms with van der Waals surface area (Å²) in [5.74, 6) is -3.62. The van der Waals surface area contributed by atoms with Crippen molar-refractivity contribution in [1.82, 2.24) is 5.32 Å². The molecule has 0 fully saturated rings. The Morgan fingerprint density at radius 1 is 1.20 bits per heavy atom. The molecule has 132 valence electrons. The van der Waals surface area contributed by atoms with Crippen LogP contribution < -0.4 is 5.32 Å². The van der Waals surface area contributed by atoms with Gasteiger partial charge >= 0.3 is 5.97 Å². The summed E-state index contributed by atoms with van der Waals surface area (Å²) < 4.78 is 32.0. The Balaban J connectivity index is 2.29. The Morgan fingerprint density at radius 3 is 2.40 bits per heavy atom. The van der Waals surface area contributed by atoms with Crippen LogP contribution in [-0.2, 0) is 9.53 Å². The molecule has 0 aliphatic rings. The van der Waals surface area contributed by atoms with Gasteiger partial charge in [0.2, 0.25) is 0 Å². The minimum absolute atomic E-state index is 0.134. The van der Waals surface area contributed by atoms with Crippen molar-refractivity contribution in [1.29, 1.82) is 0 Å². The van der Waals surface area contributed by atoms with Crippen LogP contribution in [0.4, 0.5) is 8.78 Å². The largest absolute Gasteiger partial charge is 0.469 e. The van der Waals surface area contributed by atoms with Crippen LogP contribution in [0, 0.1) is 11.6 Å². The minimum atomic E-state index is -1.19. The van der Waals surface area contributed by atoms with Crippen LogP contribution in [0.5, 0.6) is 0 Å². The molecule has 1 unspecified atom stereocenters. The SMILES string of the molecule is COC(=O)CC(NC(=O)c1cc(F)c(F)cc1Cl)c1ccc(Br)cc1. The molecule has 1 atom stereocenters. The van der Waals surface area contributed by atoms with Gasteiger partial charge in [-0.2, -0.15) is 0 Å². The van der Waals surface area contributed by atoms with E-state index < -0.39 is 29.6 Å². The van der Waals surface area contributed by atoms with Crippen LogP contribution in [0.15, 0.2) is 40.9 Å². The van der Waals surface area contributed by atoms with Gasteiger partial charge in [-0.3, -0.25) is 9.59 Å². The Hall–Kier alpha value is -1.99. The number of hydrogen-bond donors (Lipinski definition) is 1. The van der Waals surface area contributed by atoms with Gasteiger partial charge in [-0.1, -0.05) is 39.7 Å². The average Bonchev–Trinajstić information content (AvgIpc) is 2.58. The number of nitrogens with one attached hydrogen (secondary N) is 1. The second-order valence-electron chi connectivity index (χ2n) is 5.10. The summed E-state index contributed by atoms with van der Waals surface area (Å²) in [6.07, 6.45) is -0.134. The summed E-state index contributed by atoms with van der Waals surface area (Å²) in [5, 5.41) is 2.36. The van der Waals surface area contributed by atoms with Crippen LogP contribution in [-0.4, -0.2) is 19.0 Å². The van der Waals surface area contributed by atoms with Crippen molar-refractivity contribution < 1.29 is 23.1 Å². The second kappa shape index (κ2) is 8.40. The zero-order valence-corrected chi connectivity index (χ0v) is 15.3. The maximum atomic E-state index is 13.4. The Bertz CT molecular complexity index is 799. The lowest BCUT2D eigenvalue weighted by Crippen LogP contribution is -2.30. The molecule has 8 heteroatoms. The first-order valence-corrected chi connectivity index (χ1v) is 8.26. The van der Waals surface area contributed by atoms with Crippen molar-refractivity contribution in [2.24, 2.45) is 0 Å². The zero-order valence-electron chi connectivity index (χ0n) is 13.0. The van der Waals surface area contributed by atoms with Crippen molar-refractivity contribution in [3.63, 3.8) is 0 Å². The number of carbonyl (C=O) groups is 2. The lowest BCUT2D eigenvalue weighted by atomic mass is 10.0. The number of ether oxygens (including phenoxy) is 1. The molecular formula is C17H13BrClF2NO3. The van der Waals surface area contributed by atoms with Crippen LogP contribution in [0.1, 0.15) is 28.4 Å². The summed E-state index contributed by atoms with van der Waals surface area (Å²) >= 11 is 9.11. The van der Waals surface area contributed by atoms with Gasteiger partial charge in [0.25, 0.3) is 5.91 Å². The fourth-order valence-corrected chi connectivity index (χ4v) is 2.63. The average molecular weight is 433 g/mol. The van der Waals surface area contributed by atoms with Gasteiger partial charge in [0.1, 0.15) is 0 Å². The first-order valence-electron chi connectivity index (χ1n) is 7.09. The summed E-state index contributed by atoms with van der Waals surface area (Å²) in [7, 11) is 1.23. The molecule has 0 spiro atoms. The van der Waals surface area contributed by atoms with Crippen LogP contribution in [0.3, 0.4) is 0 Å². The van der Waals surface area contributed by atoms with Crippen LogP contribution >= 0.6 is 27.5 Å². The minimum Gasteiger partial charge on any atom is -0.469 e. The van der Waals surface area contributed by atoms with Gasteiger partial charge < -0.3 is 10.1 Å². The normalized spacial score (nSPS) is 11.7. The molecule has 1 N–H and O–H groups in total. The molecule has 0 bridgehead atoms. The molecule has 1 amide bonds. The van der Waals surface area contributed by atoms with Gasteiger partial charge in [0.05, 0.1) is 30.2 Å². The van der Waals surface area contributed by atoms with Gasteiger partial charge in [0.15, 0.2) is 11.6 Å². The summed E-state index contributed by atoms with van der Waals surface area (Å²) in [6, 6.07) is 7.63. The van der Waals surface area contributed by atoms with Crippen molar-refractivity contribution in [2.45, 2.75) is 12.5 Å². The maximum Gasteiger partial charge on any atom is 0.307 e. The number of hydrogen-bond acceptors (Lipinski definition) is 3. The third-order valence-corrected chi connectivity index (χ3v) is 4.27. The fraction of sp³-hybridized carbons (Fsp3) is 0.176. The topological polar surface area (TPSA) is 55.4 Å². The summed E-state index contributed by atoms with van der Waals surface area (Å²) in [4.78, 5) is 24.0. The highest BCUT2D eigenvalue weighted by molar-refractivity contribution is 9.10. The van der Waals surface area contributed by atoms with E-state index in [-0.39, 0.29) is 17.0 Å². The van der Waals surface area contributed by atoms with Crippen molar-refractivity contribution >= 4 is 39.4 Å². The van der Waals surface area contributed by atoms with Crippen molar-refractivity contribution in [2.75, 3.05) is 7.11 Å². The number of amides is 1. The van der Waals surface area contributed by atoms with E-state index in [1.807, 2.05) is 0 Å². The van der Waals surface area contributed by atoms with E-state index in [1.54, 1.807) is 24.3 Å². The van der Waals surface area contributed by atoms with E-state index in [1.165, 1.54) is 7.11 Å². The number of halogens is 4. The molecule has 2 aromatic carbocycles. The van der Waals surface area contributed by atoms with E-state index in [4.69, 9.17) is 11.6 Å². The van der Waals surface area contributed by atoms with Crippen LogP contribution in [0.25, 0.3) is 0 Å². The van der Waals surface area contributed by atoms with E-state index in [0.717, 1.165) is 10.5 Å². The summed E-state index contributed by atoms with van der Waals surface area (Å²) in [5.41, 5.74) is 0.410. The van der Waals surface area contributed by atoms with Gasteiger partial charge in [0, 0.05) is 4.47 Å². The Labute approximate surface area is 156 Å². The van der Waals surface area contributed by atoms with Crippen molar-refractivity contribution in [3.05, 3.63) is 68.7 Å². The number of methoxy groups -OCH3 is 1. The molecule has 25 heavy (non-hydrogen) atoms. The highest BCUT2D eigenvalue weighted by atomic mass is 79.9. The number of benzene rings is 2. The second-order valence-corrected chi connectivity index (χ2v) is 6.43. The van der Waals surface area contributed by atoms with E-state index in [0.29, 0.717) is 11.6 Å². The van der Waals surface area contributed by atoms with Gasteiger partial charge in [-0.05, 0) is 29.8 Å². The van der Waals surface area contributed by atoms with E-state index in [9.17, 15) is 18.4 Å². The lowest BCUT2D eigenvalue weighted by Gasteiger charge is -2.19. The maximum absolute atomic E-state index is 13.4. The third kappa shape index (κ3) is 4.99.